The summed E-state index contributed by atoms with van der Waals surface area (Å²) in [5.74, 6) is -0.383. The largest absolute Gasteiger partial charge is 0.466 e. The van der Waals surface area contributed by atoms with Gasteiger partial charge in [0.1, 0.15) is 0 Å². The molecule has 0 unspecified atom stereocenters. The van der Waals surface area contributed by atoms with E-state index in [0.29, 0.717) is 12.0 Å². The summed E-state index contributed by atoms with van der Waals surface area (Å²) in [6, 6.07) is 5.76. The summed E-state index contributed by atoms with van der Waals surface area (Å²) in [7, 11) is 1.34. The van der Waals surface area contributed by atoms with E-state index in [1.54, 1.807) is 12.3 Å². The second-order valence-corrected chi connectivity index (χ2v) is 3.83. The van der Waals surface area contributed by atoms with Crippen molar-refractivity contribution in [3.63, 3.8) is 0 Å². The van der Waals surface area contributed by atoms with Gasteiger partial charge in [-0.15, -0.1) is 0 Å². The molecule has 4 heteroatoms. The minimum atomic E-state index is -0.383. The summed E-state index contributed by atoms with van der Waals surface area (Å²) in [4.78, 5) is 25.0. The summed E-state index contributed by atoms with van der Waals surface area (Å²) in [5.41, 5.74) is 2.55. The zero-order valence-corrected chi connectivity index (χ0v) is 9.97. The molecular weight excluding hydrogens is 230 g/mol. The molecule has 92 valence electrons. The molecule has 18 heavy (non-hydrogen) atoms. The van der Waals surface area contributed by atoms with Crippen LogP contribution < -0.4 is 0 Å². The van der Waals surface area contributed by atoms with Crippen molar-refractivity contribution >= 4 is 23.2 Å². The van der Waals surface area contributed by atoms with Crippen molar-refractivity contribution < 1.29 is 14.3 Å². The van der Waals surface area contributed by atoms with Crippen molar-refractivity contribution in [1.82, 2.24) is 4.98 Å². The Morgan fingerprint density at radius 3 is 3.00 bits per heavy atom. The third kappa shape index (κ3) is 2.32. The summed E-state index contributed by atoms with van der Waals surface area (Å²) in [6.07, 6.45) is 6.19. The van der Waals surface area contributed by atoms with Gasteiger partial charge in [-0.05, 0) is 18.1 Å². The number of allylic oxidation sites excluding steroid dienone is 1. The zero-order chi connectivity index (χ0) is 13.0. The number of aldehydes is 1. The number of fused-ring (bicyclic) bond motifs is 1. The molecular formula is C14H13NO3. The van der Waals surface area contributed by atoms with Crippen molar-refractivity contribution in [2.24, 2.45) is 0 Å². The van der Waals surface area contributed by atoms with E-state index in [1.807, 2.05) is 18.2 Å². The van der Waals surface area contributed by atoms with E-state index in [0.717, 1.165) is 22.8 Å². The first-order chi connectivity index (χ1) is 8.76. The van der Waals surface area contributed by atoms with Crippen LogP contribution in [0.25, 0.3) is 10.9 Å². The van der Waals surface area contributed by atoms with Crippen molar-refractivity contribution in [3.05, 3.63) is 47.7 Å². The fourth-order valence-electron chi connectivity index (χ4n) is 1.90. The lowest BCUT2D eigenvalue weighted by molar-refractivity contribution is -0.134. The lowest BCUT2D eigenvalue weighted by Gasteiger charge is -2.00. The van der Waals surface area contributed by atoms with E-state index in [4.69, 9.17) is 0 Å². The van der Waals surface area contributed by atoms with Crippen LogP contribution >= 0.6 is 0 Å². The molecule has 2 rings (SSSR count). The van der Waals surface area contributed by atoms with Gasteiger partial charge in [0.25, 0.3) is 0 Å². The van der Waals surface area contributed by atoms with Gasteiger partial charge in [0, 0.05) is 28.7 Å². The smallest absolute Gasteiger partial charge is 0.330 e. The number of ether oxygens (including phenoxy) is 1. The maximum atomic E-state index is 11.0. The molecule has 1 aromatic carbocycles. The average molecular weight is 243 g/mol. The van der Waals surface area contributed by atoms with Gasteiger partial charge in [-0.1, -0.05) is 18.2 Å². The predicted molar refractivity (Wildman–Crippen MR) is 68.5 cm³/mol. The minimum Gasteiger partial charge on any atom is -0.466 e. The molecule has 0 fully saturated rings. The number of aromatic nitrogens is 1. The van der Waals surface area contributed by atoms with Gasteiger partial charge in [-0.3, -0.25) is 4.79 Å². The average Bonchev–Trinajstić information content (AvgIpc) is 2.82. The molecule has 0 radical (unpaired) electrons. The molecule has 0 aliphatic heterocycles. The maximum absolute atomic E-state index is 11.0. The van der Waals surface area contributed by atoms with Gasteiger partial charge in [0.2, 0.25) is 0 Å². The predicted octanol–water partition coefficient (Wildman–Crippen LogP) is 2.25. The lowest BCUT2D eigenvalue weighted by atomic mass is 10.0. The van der Waals surface area contributed by atoms with E-state index in [1.165, 1.54) is 13.2 Å². The Balaban J connectivity index is 2.33. The van der Waals surface area contributed by atoms with Crippen LogP contribution in [0.3, 0.4) is 0 Å². The summed E-state index contributed by atoms with van der Waals surface area (Å²) < 4.78 is 4.52. The first-order valence-corrected chi connectivity index (χ1v) is 5.55. The number of H-pyrrole nitrogens is 1. The Morgan fingerprint density at radius 2 is 2.28 bits per heavy atom. The van der Waals surface area contributed by atoms with Crippen LogP contribution in [0.2, 0.25) is 0 Å². The number of methoxy groups -OCH3 is 1. The maximum Gasteiger partial charge on any atom is 0.330 e. The van der Waals surface area contributed by atoms with Gasteiger partial charge in [0.15, 0.2) is 6.29 Å². The molecule has 0 saturated carbocycles. The van der Waals surface area contributed by atoms with Gasteiger partial charge < -0.3 is 9.72 Å². The molecule has 4 nitrogen and oxygen atoms in total. The van der Waals surface area contributed by atoms with Gasteiger partial charge in [-0.25, -0.2) is 4.79 Å². The third-order valence-electron chi connectivity index (χ3n) is 2.74. The standard InChI is InChI=1S/C14H13NO3/c1-18-13(17)7-3-5-10-4-2-6-12-14(10)11(9-16)8-15-12/h2-4,6-9,15H,5H2,1H3/b7-3+. The van der Waals surface area contributed by atoms with Crippen LogP contribution in [-0.2, 0) is 16.0 Å². The Hall–Kier alpha value is -2.36. The molecule has 2 aromatic rings. The van der Waals surface area contributed by atoms with Crippen LogP contribution in [0.15, 0.2) is 36.5 Å². The number of esters is 1. The highest BCUT2D eigenvalue weighted by atomic mass is 16.5. The van der Waals surface area contributed by atoms with E-state index in [-0.39, 0.29) is 5.97 Å². The lowest BCUT2D eigenvalue weighted by Crippen LogP contribution is -1.94. The van der Waals surface area contributed by atoms with E-state index in [9.17, 15) is 9.59 Å². The summed E-state index contributed by atoms with van der Waals surface area (Å²) in [5, 5.41) is 0.905. The molecule has 1 heterocycles. The Kier molecular flexibility index (Phi) is 3.57. The number of benzene rings is 1. The minimum absolute atomic E-state index is 0.383. The van der Waals surface area contributed by atoms with Crippen LogP contribution in [0.1, 0.15) is 15.9 Å². The molecule has 0 aliphatic carbocycles. The number of aromatic amines is 1. The van der Waals surface area contributed by atoms with Crippen LogP contribution in [0.5, 0.6) is 0 Å². The topological polar surface area (TPSA) is 59.2 Å². The first kappa shape index (κ1) is 12.1. The Morgan fingerprint density at radius 1 is 1.44 bits per heavy atom. The molecule has 1 N–H and O–H groups in total. The fourth-order valence-corrected chi connectivity index (χ4v) is 1.90. The second kappa shape index (κ2) is 5.31. The van der Waals surface area contributed by atoms with E-state index >= 15 is 0 Å². The van der Waals surface area contributed by atoms with E-state index in [2.05, 4.69) is 9.72 Å². The van der Waals surface area contributed by atoms with Crippen LogP contribution in [-0.4, -0.2) is 24.3 Å². The Bertz CT molecular complexity index is 611. The molecule has 0 spiro atoms. The second-order valence-electron chi connectivity index (χ2n) is 3.83. The first-order valence-electron chi connectivity index (χ1n) is 5.55. The molecule has 0 bridgehead atoms. The molecule has 0 aliphatic rings. The van der Waals surface area contributed by atoms with E-state index < -0.39 is 0 Å². The van der Waals surface area contributed by atoms with Gasteiger partial charge >= 0.3 is 5.97 Å². The number of nitrogens with one attached hydrogen (secondary N) is 1. The van der Waals surface area contributed by atoms with Crippen LogP contribution in [0.4, 0.5) is 0 Å². The van der Waals surface area contributed by atoms with Crippen molar-refractivity contribution in [2.45, 2.75) is 6.42 Å². The molecule has 1 aromatic heterocycles. The fraction of sp³-hybridized carbons (Fsp3) is 0.143. The summed E-state index contributed by atoms with van der Waals surface area (Å²) in [6.45, 7) is 0. The molecule has 0 amide bonds. The van der Waals surface area contributed by atoms with Gasteiger partial charge in [-0.2, -0.15) is 0 Å². The van der Waals surface area contributed by atoms with Crippen molar-refractivity contribution in [3.8, 4) is 0 Å². The SMILES string of the molecule is COC(=O)/C=C/Cc1cccc2[nH]cc(C=O)c12. The zero-order valence-electron chi connectivity index (χ0n) is 9.97. The number of rotatable bonds is 4. The van der Waals surface area contributed by atoms with Crippen molar-refractivity contribution in [1.29, 1.82) is 0 Å². The number of carbonyl (C=O) groups excluding carboxylic acids is 2. The quantitative estimate of drug-likeness (QED) is 0.509. The highest BCUT2D eigenvalue weighted by molar-refractivity contribution is 5.99. The van der Waals surface area contributed by atoms with Gasteiger partial charge in [0.05, 0.1) is 7.11 Å². The monoisotopic (exact) mass is 243 g/mol. The number of hydrogen-bond acceptors (Lipinski definition) is 3. The van der Waals surface area contributed by atoms with Crippen LogP contribution in [0, 0.1) is 0 Å². The highest BCUT2D eigenvalue weighted by Crippen LogP contribution is 2.22. The normalized spacial score (nSPS) is 10.9. The Labute approximate surface area is 104 Å². The van der Waals surface area contributed by atoms with Crippen molar-refractivity contribution in [2.75, 3.05) is 7.11 Å². The summed E-state index contributed by atoms with van der Waals surface area (Å²) >= 11 is 0. The number of hydrogen-bond donors (Lipinski definition) is 1. The third-order valence-corrected chi connectivity index (χ3v) is 2.74. The molecule has 0 atom stereocenters. The molecule has 0 saturated heterocycles. The highest BCUT2D eigenvalue weighted by Gasteiger charge is 2.06. The number of carbonyl (C=O) groups is 2.